The molecule has 0 aliphatic carbocycles. The molecule has 0 amide bonds. The van der Waals surface area contributed by atoms with Crippen LogP contribution in [-0.4, -0.2) is 18.7 Å². The maximum Gasteiger partial charge on any atom is 0.104 e. The lowest BCUT2D eigenvalue weighted by molar-refractivity contribution is 0.219. The topological polar surface area (TPSA) is 23.5 Å². The molecule has 3 rings (SSSR count). The van der Waals surface area contributed by atoms with Gasteiger partial charge >= 0.3 is 0 Å². The fraction of sp³-hybridized carbons (Fsp3) is 0.368. The van der Waals surface area contributed by atoms with E-state index >= 15 is 0 Å². The Hall–Kier alpha value is -1.80. The van der Waals surface area contributed by atoms with Crippen LogP contribution in [0.15, 0.2) is 30.3 Å². The van der Waals surface area contributed by atoms with E-state index in [2.05, 4.69) is 63.1 Å². The van der Waals surface area contributed by atoms with Crippen LogP contribution in [0.1, 0.15) is 39.5 Å². The number of aliphatic hydroxyl groups excluding tert-OH is 1. The second-order valence-electron chi connectivity index (χ2n) is 6.26. The molecule has 2 aromatic rings. The summed E-state index contributed by atoms with van der Waals surface area (Å²) in [6.07, 6.45) is 0.527. The van der Waals surface area contributed by atoms with Crippen molar-refractivity contribution >= 4 is 5.69 Å². The first-order valence-corrected chi connectivity index (χ1v) is 7.57. The molecule has 1 atom stereocenters. The fourth-order valence-corrected chi connectivity index (χ4v) is 3.21. The Bertz CT molecular complexity index is 690. The molecule has 1 unspecified atom stereocenters. The van der Waals surface area contributed by atoms with Gasteiger partial charge in [0.2, 0.25) is 0 Å². The third-order valence-electron chi connectivity index (χ3n) is 4.72. The van der Waals surface area contributed by atoms with E-state index in [1.165, 1.54) is 22.4 Å². The van der Waals surface area contributed by atoms with Crippen molar-refractivity contribution in [1.29, 1.82) is 0 Å². The van der Waals surface area contributed by atoms with Gasteiger partial charge in [0.1, 0.15) is 6.10 Å². The summed E-state index contributed by atoms with van der Waals surface area (Å²) in [5, 5.41) is 10.8. The van der Waals surface area contributed by atoms with Crippen molar-refractivity contribution in [3.63, 3.8) is 0 Å². The zero-order chi connectivity index (χ0) is 15.1. The molecule has 0 aromatic heterocycles. The molecule has 0 spiro atoms. The van der Waals surface area contributed by atoms with Crippen molar-refractivity contribution in [3.8, 4) is 0 Å². The third kappa shape index (κ3) is 2.44. The van der Waals surface area contributed by atoms with Gasteiger partial charge in [-0.2, -0.15) is 0 Å². The highest BCUT2D eigenvalue weighted by atomic mass is 16.3. The standard InChI is InChI=1S/C19H23NO/c1-12-9-14(3)17(10-13(12)2)19(21)16-5-6-18-15(11-16)7-8-20(18)4/h5-6,9-11,19,21H,7-8H2,1-4H3. The molecular weight excluding hydrogens is 258 g/mol. The first-order valence-electron chi connectivity index (χ1n) is 7.57. The van der Waals surface area contributed by atoms with E-state index in [-0.39, 0.29) is 0 Å². The summed E-state index contributed by atoms with van der Waals surface area (Å²) in [5.41, 5.74) is 8.32. The van der Waals surface area contributed by atoms with Crippen LogP contribution in [0, 0.1) is 20.8 Å². The van der Waals surface area contributed by atoms with Crippen LogP contribution in [-0.2, 0) is 6.42 Å². The van der Waals surface area contributed by atoms with E-state index < -0.39 is 6.10 Å². The Labute approximate surface area is 127 Å². The van der Waals surface area contributed by atoms with Crippen molar-refractivity contribution in [1.82, 2.24) is 0 Å². The van der Waals surface area contributed by atoms with Crippen LogP contribution in [0.3, 0.4) is 0 Å². The SMILES string of the molecule is Cc1cc(C)c(C(O)c2ccc3c(c2)CCN3C)cc1C. The molecule has 0 radical (unpaired) electrons. The smallest absolute Gasteiger partial charge is 0.104 e. The lowest BCUT2D eigenvalue weighted by atomic mass is 9.92. The largest absolute Gasteiger partial charge is 0.384 e. The molecule has 0 fully saturated rings. The normalized spacial score (nSPS) is 15.2. The summed E-state index contributed by atoms with van der Waals surface area (Å²) in [5.74, 6) is 0. The lowest BCUT2D eigenvalue weighted by Crippen LogP contribution is -2.12. The zero-order valence-electron chi connectivity index (χ0n) is 13.3. The maximum atomic E-state index is 10.8. The van der Waals surface area contributed by atoms with Crippen LogP contribution in [0.25, 0.3) is 0 Å². The van der Waals surface area contributed by atoms with Gasteiger partial charge in [0.25, 0.3) is 0 Å². The third-order valence-corrected chi connectivity index (χ3v) is 4.72. The monoisotopic (exact) mass is 281 g/mol. The van der Waals surface area contributed by atoms with Crippen LogP contribution < -0.4 is 4.90 Å². The molecule has 1 N–H and O–H groups in total. The Morgan fingerprint density at radius 3 is 2.48 bits per heavy atom. The van der Waals surface area contributed by atoms with E-state index in [0.29, 0.717) is 0 Å². The van der Waals surface area contributed by atoms with Gasteiger partial charge < -0.3 is 10.0 Å². The molecule has 2 heteroatoms. The summed E-state index contributed by atoms with van der Waals surface area (Å²) in [6.45, 7) is 7.36. The Morgan fingerprint density at radius 1 is 1.00 bits per heavy atom. The molecule has 0 saturated heterocycles. The number of hydrogen-bond acceptors (Lipinski definition) is 2. The number of hydrogen-bond donors (Lipinski definition) is 1. The van der Waals surface area contributed by atoms with Gasteiger partial charge in [-0.3, -0.25) is 0 Å². The van der Waals surface area contributed by atoms with Gasteiger partial charge in [-0.1, -0.05) is 24.3 Å². The minimum Gasteiger partial charge on any atom is -0.384 e. The minimum absolute atomic E-state index is 0.541. The second-order valence-corrected chi connectivity index (χ2v) is 6.26. The molecule has 1 heterocycles. The number of likely N-dealkylation sites (N-methyl/N-ethyl adjacent to an activating group) is 1. The maximum absolute atomic E-state index is 10.8. The van der Waals surface area contributed by atoms with Crippen LogP contribution in [0.5, 0.6) is 0 Å². The molecule has 0 saturated carbocycles. The first-order chi connectivity index (χ1) is 9.97. The molecule has 2 nitrogen and oxygen atoms in total. The molecule has 110 valence electrons. The van der Waals surface area contributed by atoms with Crippen LogP contribution >= 0.6 is 0 Å². The van der Waals surface area contributed by atoms with E-state index in [4.69, 9.17) is 0 Å². The van der Waals surface area contributed by atoms with Crippen molar-refractivity contribution in [3.05, 3.63) is 63.7 Å². The molecule has 1 aliphatic heterocycles. The van der Waals surface area contributed by atoms with Gasteiger partial charge in [0.15, 0.2) is 0 Å². The molecule has 21 heavy (non-hydrogen) atoms. The van der Waals surface area contributed by atoms with Crippen molar-refractivity contribution in [2.45, 2.75) is 33.3 Å². The number of rotatable bonds is 2. The lowest BCUT2D eigenvalue weighted by Gasteiger charge is -2.18. The fourth-order valence-electron chi connectivity index (χ4n) is 3.21. The summed E-state index contributed by atoms with van der Waals surface area (Å²) in [6, 6.07) is 10.6. The predicted octanol–water partition coefficient (Wildman–Crippen LogP) is 3.69. The predicted molar refractivity (Wildman–Crippen MR) is 88.1 cm³/mol. The number of aryl methyl sites for hydroxylation is 3. The molecule has 0 bridgehead atoms. The van der Waals surface area contributed by atoms with Gasteiger partial charge in [0.05, 0.1) is 0 Å². The van der Waals surface area contributed by atoms with E-state index in [0.717, 1.165) is 29.7 Å². The van der Waals surface area contributed by atoms with E-state index in [1.54, 1.807) is 0 Å². The van der Waals surface area contributed by atoms with Crippen molar-refractivity contribution < 1.29 is 5.11 Å². The average molecular weight is 281 g/mol. The summed E-state index contributed by atoms with van der Waals surface area (Å²) >= 11 is 0. The zero-order valence-corrected chi connectivity index (χ0v) is 13.3. The Morgan fingerprint density at radius 2 is 1.71 bits per heavy atom. The van der Waals surface area contributed by atoms with Gasteiger partial charge in [0, 0.05) is 19.3 Å². The Kier molecular flexibility index (Phi) is 3.50. The number of benzene rings is 2. The second kappa shape index (κ2) is 5.19. The van der Waals surface area contributed by atoms with Crippen molar-refractivity contribution in [2.24, 2.45) is 0 Å². The quantitative estimate of drug-likeness (QED) is 0.907. The van der Waals surface area contributed by atoms with E-state index in [9.17, 15) is 5.11 Å². The Balaban J connectivity index is 1.99. The minimum atomic E-state index is -0.541. The van der Waals surface area contributed by atoms with E-state index in [1.807, 2.05) is 0 Å². The number of aliphatic hydroxyl groups is 1. The number of nitrogens with zero attached hydrogens (tertiary/aromatic N) is 1. The number of fused-ring (bicyclic) bond motifs is 1. The highest BCUT2D eigenvalue weighted by Gasteiger charge is 2.19. The average Bonchev–Trinajstić information content (AvgIpc) is 2.83. The number of anilines is 1. The van der Waals surface area contributed by atoms with Crippen molar-refractivity contribution in [2.75, 3.05) is 18.5 Å². The molecule has 2 aromatic carbocycles. The van der Waals surface area contributed by atoms with Gasteiger partial charge in [-0.15, -0.1) is 0 Å². The summed E-state index contributed by atoms with van der Waals surface area (Å²) in [7, 11) is 2.12. The summed E-state index contributed by atoms with van der Waals surface area (Å²) in [4.78, 5) is 2.27. The summed E-state index contributed by atoms with van der Waals surface area (Å²) < 4.78 is 0. The van der Waals surface area contributed by atoms with Crippen LogP contribution in [0.4, 0.5) is 5.69 Å². The van der Waals surface area contributed by atoms with Gasteiger partial charge in [-0.05, 0) is 66.6 Å². The molecular formula is C19H23NO. The highest BCUT2D eigenvalue weighted by Crippen LogP contribution is 2.32. The molecule has 1 aliphatic rings. The van der Waals surface area contributed by atoms with Crippen LogP contribution in [0.2, 0.25) is 0 Å². The highest BCUT2D eigenvalue weighted by molar-refractivity contribution is 5.59. The first kappa shape index (κ1) is 14.2. The van der Waals surface area contributed by atoms with Gasteiger partial charge in [-0.25, -0.2) is 0 Å².